The molecule has 2 unspecified atom stereocenters. The van der Waals surface area contributed by atoms with Gasteiger partial charge in [0, 0.05) is 0 Å². The molecule has 0 radical (unpaired) electrons. The summed E-state index contributed by atoms with van der Waals surface area (Å²) in [6, 6.07) is 15.1. The lowest BCUT2D eigenvalue weighted by Crippen LogP contribution is -2.39. The quantitative estimate of drug-likeness (QED) is 0.468. The summed E-state index contributed by atoms with van der Waals surface area (Å²) in [5.74, 6) is -1.11. The molecule has 0 fully saturated rings. The smallest absolute Gasteiger partial charge is 0.318 e. The van der Waals surface area contributed by atoms with Gasteiger partial charge in [-0.3, -0.25) is 4.79 Å². The second kappa shape index (κ2) is 7.21. The zero-order valence-corrected chi connectivity index (χ0v) is 16.4. The molecule has 152 valence electrons. The van der Waals surface area contributed by atoms with Gasteiger partial charge in [0.15, 0.2) is 6.17 Å². The first-order chi connectivity index (χ1) is 14.7. The lowest BCUT2D eigenvalue weighted by atomic mass is 9.96. The van der Waals surface area contributed by atoms with E-state index in [1.807, 2.05) is 48.5 Å². The monoisotopic (exact) mass is 405 g/mol. The van der Waals surface area contributed by atoms with E-state index in [4.69, 9.17) is 9.57 Å². The molecule has 0 saturated heterocycles. The molecule has 10 heteroatoms. The molecule has 0 bridgehead atoms. The number of ether oxygens (including phenoxy) is 1. The molecule has 0 amide bonds. The molecule has 0 aliphatic carbocycles. The predicted molar refractivity (Wildman–Crippen MR) is 108 cm³/mol. The standard InChI is InChI=1S/C20H19N7O3/c1-3-29-20(28)17-12(2)30-23-18(17)19(26-15-10-6-4-8-13(15)21-24-26)27-16-11-7-5-9-14(16)22-25-27/h4-12,17,19H,3H2,1-2H3. The van der Waals surface area contributed by atoms with Crippen molar-refractivity contribution in [1.82, 2.24) is 30.0 Å². The van der Waals surface area contributed by atoms with Gasteiger partial charge in [0.05, 0.1) is 17.6 Å². The van der Waals surface area contributed by atoms with E-state index in [9.17, 15) is 4.79 Å². The second-order valence-corrected chi connectivity index (χ2v) is 6.98. The minimum Gasteiger partial charge on any atom is -0.465 e. The molecule has 1 aliphatic heterocycles. The van der Waals surface area contributed by atoms with E-state index in [0.717, 1.165) is 11.0 Å². The molecule has 3 heterocycles. The number of carbonyl (C=O) groups excluding carboxylic acids is 1. The largest absolute Gasteiger partial charge is 0.465 e. The van der Waals surface area contributed by atoms with Gasteiger partial charge in [0.2, 0.25) is 0 Å². The molecule has 4 aromatic rings. The van der Waals surface area contributed by atoms with Crippen molar-refractivity contribution in [3.05, 3.63) is 48.5 Å². The molecule has 0 spiro atoms. The van der Waals surface area contributed by atoms with Gasteiger partial charge >= 0.3 is 5.97 Å². The van der Waals surface area contributed by atoms with Crippen LogP contribution >= 0.6 is 0 Å². The summed E-state index contributed by atoms with van der Waals surface area (Å²) in [4.78, 5) is 18.3. The fraction of sp³-hybridized carbons (Fsp3) is 0.300. The van der Waals surface area contributed by atoms with E-state index in [0.29, 0.717) is 16.7 Å². The van der Waals surface area contributed by atoms with Gasteiger partial charge in [-0.2, -0.15) is 0 Å². The minimum atomic E-state index is -0.708. The maximum atomic E-state index is 12.8. The Labute approximate surface area is 171 Å². The summed E-state index contributed by atoms with van der Waals surface area (Å²) >= 11 is 0. The van der Waals surface area contributed by atoms with Gasteiger partial charge in [-0.15, -0.1) is 10.2 Å². The van der Waals surface area contributed by atoms with Gasteiger partial charge in [-0.05, 0) is 38.1 Å². The van der Waals surface area contributed by atoms with Crippen LogP contribution in [0.15, 0.2) is 53.7 Å². The number of esters is 1. The normalized spacial score (nSPS) is 18.7. The number of aromatic nitrogens is 6. The van der Waals surface area contributed by atoms with Crippen molar-refractivity contribution in [1.29, 1.82) is 0 Å². The van der Waals surface area contributed by atoms with E-state index in [2.05, 4.69) is 25.8 Å². The molecule has 1 aliphatic rings. The van der Waals surface area contributed by atoms with Crippen LogP contribution in [0.25, 0.3) is 22.1 Å². The van der Waals surface area contributed by atoms with Crippen LogP contribution < -0.4 is 0 Å². The topological polar surface area (TPSA) is 109 Å². The fourth-order valence-electron chi connectivity index (χ4n) is 3.74. The van der Waals surface area contributed by atoms with E-state index in [-0.39, 0.29) is 6.61 Å². The zero-order chi connectivity index (χ0) is 20.7. The Bertz CT molecular complexity index is 1190. The van der Waals surface area contributed by atoms with Crippen molar-refractivity contribution in [2.75, 3.05) is 6.61 Å². The van der Waals surface area contributed by atoms with Crippen LogP contribution in [-0.4, -0.2) is 54.4 Å². The molecule has 0 N–H and O–H groups in total. The molecular weight excluding hydrogens is 386 g/mol. The van der Waals surface area contributed by atoms with Gasteiger partial charge in [-0.1, -0.05) is 39.8 Å². The Balaban J connectivity index is 1.72. The number of rotatable bonds is 5. The summed E-state index contributed by atoms with van der Waals surface area (Å²) in [5, 5.41) is 21.5. The van der Waals surface area contributed by atoms with Crippen LogP contribution in [0.1, 0.15) is 20.0 Å². The van der Waals surface area contributed by atoms with Crippen LogP contribution in [0.4, 0.5) is 0 Å². The van der Waals surface area contributed by atoms with Crippen molar-refractivity contribution < 1.29 is 14.4 Å². The Morgan fingerprint density at radius 2 is 1.60 bits per heavy atom. The molecule has 30 heavy (non-hydrogen) atoms. The molecular formula is C20H19N7O3. The highest BCUT2D eigenvalue weighted by Crippen LogP contribution is 2.31. The molecule has 2 aromatic heterocycles. The lowest BCUT2D eigenvalue weighted by molar-refractivity contribution is -0.148. The number of hydrogen-bond acceptors (Lipinski definition) is 8. The van der Waals surface area contributed by atoms with Crippen molar-refractivity contribution >= 4 is 33.7 Å². The van der Waals surface area contributed by atoms with Crippen molar-refractivity contribution in [2.45, 2.75) is 26.1 Å². The Morgan fingerprint density at radius 3 is 2.17 bits per heavy atom. The number of fused-ring (bicyclic) bond motifs is 2. The number of nitrogens with zero attached hydrogens (tertiary/aromatic N) is 7. The highest BCUT2D eigenvalue weighted by Gasteiger charge is 2.44. The third kappa shape index (κ3) is 2.79. The zero-order valence-electron chi connectivity index (χ0n) is 16.4. The molecule has 5 rings (SSSR count). The predicted octanol–water partition coefficient (Wildman–Crippen LogP) is 2.18. The summed E-state index contributed by atoms with van der Waals surface area (Å²) in [6.45, 7) is 3.81. The van der Waals surface area contributed by atoms with E-state index < -0.39 is 24.2 Å². The minimum absolute atomic E-state index is 0.262. The van der Waals surface area contributed by atoms with Crippen molar-refractivity contribution in [3.63, 3.8) is 0 Å². The van der Waals surface area contributed by atoms with Gasteiger partial charge < -0.3 is 9.57 Å². The fourth-order valence-corrected chi connectivity index (χ4v) is 3.74. The van der Waals surface area contributed by atoms with Crippen LogP contribution in [0.3, 0.4) is 0 Å². The maximum absolute atomic E-state index is 12.8. The average Bonchev–Trinajstić information content (AvgIpc) is 3.47. The second-order valence-electron chi connectivity index (χ2n) is 6.98. The molecule has 2 aromatic carbocycles. The van der Waals surface area contributed by atoms with Crippen LogP contribution in [0.5, 0.6) is 0 Å². The molecule has 2 atom stereocenters. The van der Waals surface area contributed by atoms with Crippen molar-refractivity contribution in [2.24, 2.45) is 11.1 Å². The van der Waals surface area contributed by atoms with E-state index in [1.54, 1.807) is 23.2 Å². The maximum Gasteiger partial charge on any atom is 0.318 e. The SMILES string of the molecule is CCOC(=O)C1C(C(n2nnc3ccccc32)n2nnc3ccccc32)=NOC1C. The Morgan fingerprint density at radius 1 is 1.03 bits per heavy atom. The van der Waals surface area contributed by atoms with Gasteiger partial charge in [0.25, 0.3) is 0 Å². The third-order valence-electron chi connectivity index (χ3n) is 5.14. The molecule has 0 saturated carbocycles. The summed E-state index contributed by atoms with van der Waals surface area (Å²) in [7, 11) is 0. The number of benzene rings is 2. The van der Waals surface area contributed by atoms with Crippen LogP contribution in [0, 0.1) is 5.92 Å². The lowest BCUT2D eigenvalue weighted by Gasteiger charge is -2.22. The summed E-state index contributed by atoms with van der Waals surface area (Å²) in [6.07, 6.45) is -1.18. The van der Waals surface area contributed by atoms with E-state index >= 15 is 0 Å². The molecule has 10 nitrogen and oxygen atoms in total. The van der Waals surface area contributed by atoms with Gasteiger partial charge in [0.1, 0.15) is 28.8 Å². The van der Waals surface area contributed by atoms with Crippen LogP contribution in [0.2, 0.25) is 0 Å². The van der Waals surface area contributed by atoms with Crippen molar-refractivity contribution in [3.8, 4) is 0 Å². The average molecular weight is 405 g/mol. The van der Waals surface area contributed by atoms with Crippen LogP contribution in [-0.2, 0) is 14.4 Å². The summed E-state index contributed by atoms with van der Waals surface area (Å²) < 4.78 is 8.66. The number of carbonyl (C=O) groups is 1. The van der Waals surface area contributed by atoms with Gasteiger partial charge in [-0.25, -0.2) is 9.36 Å². The first kappa shape index (κ1) is 18.2. The summed E-state index contributed by atoms with van der Waals surface area (Å²) in [5.41, 5.74) is 3.41. The third-order valence-corrected chi connectivity index (χ3v) is 5.14. The Hall–Kier alpha value is -3.82. The number of hydrogen-bond donors (Lipinski definition) is 0. The number of para-hydroxylation sites is 2. The first-order valence-corrected chi connectivity index (χ1v) is 9.69. The highest BCUT2D eigenvalue weighted by molar-refractivity contribution is 6.06. The first-order valence-electron chi connectivity index (χ1n) is 9.69. The number of oxime groups is 1. The highest BCUT2D eigenvalue weighted by atomic mass is 16.6. The Kier molecular flexibility index (Phi) is 4.38. The van der Waals surface area contributed by atoms with E-state index in [1.165, 1.54) is 0 Å².